The predicted octanol–water partition coefficient (Wildman–Crippen LogP) is 3.63. The van der Waals surface area contributed by atoms with E-state index in [2.05, 4.69) is 26.3 Å². The Hall–Kier alpha value is -4.58. The third-order valence-electron chi connectivity index (χ3n) is 5.17. The lowest BCUT2D eigenvalue weighted by atomic mass is 10.0. The van der Waals surface area contributed by atoms with Crippen molar-refractivity contribution in [1.82, 2.24) is 29.5 Å². The third kappa shape index (κ3) is 3.33. The summed E-state index contributed by atoms with van der Waals surface area (Å²) in [5.41, 5.74) is 11.0. The molecule has 0 saturated carbocycles. The van der Waals surface area contributed by atoms with Crippen molar-refractivity contribution in [3.05, 3.63) is 83.8 Å². The number of aromatic nitrogens is 6. The summed E-state index contributed by atoms with van der Waals surface area (Å²) >= 11 is 0. The monoisotopic (exact) mass is 424 g/mol. The molecule has 9 heteroatoms. The lowest BCUT2D eigenvalue weighted by Crippen LogP contribution is -2.01. The van der Waals surface area contributed by atoms with Gasteiger partial charge in [0.2, 0.25) is 0 Å². The van der Waals surface area contributed by atoms with Gasteiger partial charge in [-0.15, -0.1) is 5.10 Å². The molecule has 0 atom stereocenters. The van der Waals surface area contributed by atoms with Gasteiger partial charge in [0.15, 0.2) is 0 Å². The number of rotatable bonds is 4. The van der Waals surface area contributed by atoms with E-state index in [9.17, 15) is 9.65 Å². The molecule has 0 radical (unpaired) electrons. The van der Waals surface area contributed by atoms with Crippen LogP contribution in [0.4, 0.5) is 10.2 Å². The second-order valence-electron chi connectivity index (χ2n) is 7.43. The number of hydrogen-bond donors (Lipinski definition) is 1. The molecule has 3 heterocycles. The summed E-state index contributed by atoms with van der Waals surface area (Å²) in [5, 5.41) is 18.3. The zero-order chi connectivity index (χ0) is 22.2. The van der Waals surface area contributed by atoms with E-state index in [0.717, 1.165) is 16.7 Å². The van der Waals surface area contributed by atoms with Gasteiger partial charge in [0.1, 0.15) is 35.0 Å². The van der Waals surface area contributed by atoms with Crippen LogP contribution in [-0.2, 0) is 6.54 Å². The van der Waals surface area contributed by atoms with E-state index in [0.29, 0.717) is 40.3 Å². The maximum Gasteiger partial charge on any atom is 0.148 e. The van der Waals surface area contributed by atoms with Crippen molar-refractivity contribution in [3.63, 3.8) is 0 Å². The number of hydrogen-bond acceptors (Lipinski definition) is 6. The maximum atomic E-state index is 14.1. The predicted molar refractivity (Wildman–Crippen MR) is 117 cm³/mol. The number of para-hydroxylation sites is 1. The quantitative estimate of drug-likeness (QED) is 0.472. The summed E-state index contributed by atoms with van der Waals surface area (Å²) in [5.74, 6) is -0.0373. The molecule has 0 aliphatic carbocycles. The smallest absolute Gasteiger partial charge is 0.148 e. The van der Waals surface area contributed by atoms with Crippen LogP contribution in [0.15, 0.2) is 61.2 Å². The zero-order valence-corrected chi connectivity index (χ0v) is 17.1. The summed E-state index contributed by atoms with van der Waals surface area (Å²) in [6.45, 7) is 2.28. The Morgan fingerprint density at radius 3 is 2.78 bits per heavy atom. The molecule has 0 amide bonds. The summed E-state index contributed by atoms with van der Waals surface area (Å²) in [6, 6.07) is 14.2. The molecule has 32 heavy (non-hydrogen) atoms. The van der Waals surface area contributed by atoms with Gasteiger partial charge >= 0.3 is 0 Å². The Kier molecular flexibility index (Phi) is 4.60. The molecule has 0 bridgehead atoms. The molecule has 2 aromatic carbocycles. The van der Waals surface area contributed by atoms with Crippen LogP contribution in [0.25, 0.3) is 27.8 Å². The molecule has 0 unspecified atom stereocenters. The number of halogens is 1. The summed E-state index contributed by atoms with van der Waals surface area (Å²) in [4.78, 5) is 8.57. The van der Waals surface area contributed by atoms with Gasteiger partial charge in [-0.1, -0.05) is 23.4 Å². The van der Waals surface area contributed by atoms with E-state index in [1.807, 2.05) is 35.9 Å². The van der Waals surface area contributed by atoms with Crippen molar-refractivity contribution < 1.29 is 4.39 Å². The normalized spacial score (nSPS) is 11.0. The van der Waals surface area contributed by atoms with Gasteiger partial charge in [0.25, 0.3) is 0 Å². The molecule has 8 nitrogen and oxygen atoms in total. The summed E-state index contributed by atoms with van der Waals surface area (Å²) in [6.07, 6.45) is 4.99. The second kappa shape index (κ2) is 7.59. The Balaban J connectivity index is 1.60. The molecular formula is C23H17FN8. The van der Waals surface area contributed by atoms with Crippen molar-refractivity contribution in [3.8, 4) is 22.9 Å². The van der Waals surface area contributed by atoms with Crippen LogP contribution in [0.3, 0.4) is 0 Å². The van der Waals surface area contributed by atoms with Gasteiger partial charge in [0, 0.05) is 11.8 Å². The zero-order valence-electron chi connectivity index (χ0n) is 17.1. The van der Waals surface area contributed by atoms with E-state index in [-0.39, 0.29) is 5.82 Å². The lowest BCUT2D eigenvalue weighted by molar-refractivity contribution is 0.607. The number of anilines is 1. The molecule has 0 spiro atoms. The first kappa shape index (κ1) is 19.4. The highest BCUT2D eigenvalue weighted by Crippen LogP contribution is 2.34. The third-order valence-corrected chi connectivity index (χ3v) is 5.17. The molecule has 156 valence electrons. The van der Waals surface area contributed by atoms with Crippen LogP contribution in [0.5, 0.6) is 0 Å². The van der Waals surface area contributed by atoms with Crippen molar-refractivity contribution >= 4 is 16.9 Å². The fraction of sp³-hybridized carbons (Fsp3) is 0.0870. The average molecular weight is 424 g/mol. The van der Waals surface area contributed by atoms with Gasteiger partial charge in [-0.05, 0) is 42.3 Å². The highest BCUT2D eigenvalue weighted by molar-refractivity contribution is 6.00. The van der Waals surface area contributed by atoms with E-state index in [4.69, 9.17) is 5.73 Å². The van der Waals surface area contributed by atoms with E-state index in [1.54, 1.807) is 24.4 Å². The number of nitrogens with two attached hydrogens (primary N) is 1. The van der Waals surface area contributed by atoms with Crippen LogP contribution < -0.4 is 5.73 Å². The van der Waals surface area contributed by atoms with Gasteiger partial charge in [0.05, 0.1) is 29.8 Å². The van der Waals surface area contributed by atoms with Crippen LogP contribution >= 0.6 is 0 Å². The van der Waals surface area contributed by atoms with Crippen molar-refractivity contribution in [1.29, 1.82) is 5.26 Å². The van der Waals surface area contributed by atoms with Crippen LogP contribution in [0, 0.1) is 24.1 Å². The molecule has 0 aliphatic rings. The van der Waals surface area contributed by atoms with E-state index >= 15 is 0 Å². The van der Waals surface area contributed by atoms with E-state index < -0.39 is 0 Å². The molecule has 3 aromatic heterocycles. The first-order chi connectivity index (χ1) is 15.5. The summed E-state index contributed by atoms with van der Waals surface area (Å²) < 4.78 is 17.4. The SMILES string of the molecule is Cc1cc(C#N)cc(-c2cn(Cc3cn(-c4ccccc4F)nn3)c3ncnc(N)c23)c1. The molecule has 5 rings (SSSR count). The minimum atomic E-state index is -0.383. The van der Waals surface area contributed by atoms with Crippen molar-refractivity contribution in [2.24, 2.45) is 0 Å². The van der Waals surface area contributed by atoms with E-state index in [1.165, 1.54) is 17.1 Å². The fourth-order valence-corrected chi connectivity index (χ4v) is 3.79. The van der Waals surface area contributed by atoms with Crippen molar-refractivity contribution in [2.45, 2.75) is 13.5 Å². The van der Waals surface area contributed by atoms with Gasteiger partial charge in [-0.25, -0.2) is 19.0 Å². The van der Waals surface area contributed by atoms with Gasteiger partial charge < -0.3 is 10.3 Å². The maximum absolute atomic E-state index is 14.1. The largest absolute Gasteiger partial charge is 0.383 e. The average Bonchev–Trinajstić information content (AvgIpc) is 3.40. The molecule has 2 N–H and O–H groups in total. The van der Waals surface area contributed by atoms with Gasteiger partial charge in [-0.2, -0.15) is 5.26 Å². The molecular weight excluding hydrogens is 407 g/mol. The minimum Gasteiger partial charge on any atom is -0.383 e. The molecule has 5 aromatic rings. The van der Waals surface area contributed by atoms with Crippen LogP contribution in [0.2, 0.25) is 0 Å². The molecule has 0 saturated heterocycles. The Morgan fingerprint density at radius 1 is 1.12 bits per heavy atom. The number of fused-ring (bicyclic) bond motifs is 1. The molecule has 0 fully saturated rings. The van der Waals surface area contributed by atoms with Crippen molar-refractivity contribution in [2.75, 3.05) is 5.73 Å². The number of nitrogens with zero attached hydrogens (tertiary/aromatic N) is 7. The highest BCUT2D eigenvalue weighted by Gasteiger charge is 2.17. The lowest BCUT2D eigenvalue weighted by Gasteiger charge is -2.03. The second-order valence-corrected chi connectivity index (χ2v) is 7.43. The number of aryl methyl sites for hydroxylation is 1. The topological polar surface area (TPSA) is 111 Å². The fourth-order valence-electron chi connectivity index (χ4n) is 3.79. The standard InChI is InChI=1S/C23H17FN8/c1-14-6-15(9-25)8-16(7-14)18-12-31(23-21(18)22(26)27-13-28-23)10-17-11-32(30-29-17)20-5-3-2-4-19(20)24/h2-8,11-13H,10H2,1H3,(H2,26,27,28). The Labute approximate surface area is 182 Å². The van der Waals surface area contributed by atoms with Crippen LogP contribution in [-0.4, -0.2) is 29.5 Å². The molecule has 0 aliphatic heterocycles. The minimum absolute atomic E-state index is 0.319. The number of nitrogen functional groups attached to an aromatic ring is 1. The Morgan fingerprint density at radius 2 is 1.97 bits per heavy atom. The van der Waals surface area contributed by atoms with Gasteiger partial charge in [-0.3, -0.25) is 0 Å². The highest BCUT2D eigenvalue weighted by atomic mass is 19.1. The van der Waals surface area contributed by atoms with Crippen LogP contribution in [0.1, 0.15) is 16.8 Å². The number of benzene rings is 2. The first-order valence-corrected chi connectivity index (χ1v) is 9.81. The summed E-state index contributed by atoms with van der Waals surface area (Å²) in [7, 11) is 0. The first-order valence-electron chi connectivity index (χ1n) is 9.81. The Bertz CT molecular complexity index is 1510. The number of nitriles is 1.